The predicted octanol–water partition coefficient (Wildman–Crippen LogP) is 12.3. The van der Waals surface area contributed by atoms with Crippen LogP contribution in [0.25, 0.3) is 0 Å². The highest BCUT2D eigenvalue weighted by Gasteiger charge is 2.19. The van der Waals surface area contributed by atoms with Crippen molar-refractivity contribution in [1.29, 1.82) is 0 Å². The van der Waals surface area contributed by atoms with Crippen molar-refractivity contribution in [2.45, 2.75) is 115 Å². The van der Waals surface area contributed by atoms with Crippen LogP contribution in [-0.4, -0.2) is 110 Å². The van der Waals surface area contributed by atoms with Gasteiger partial charge in [-0.05, 0) is 108 Å². The molecule has 7 heterocycles. The molecule has 3 aliphatic rings. The number of hydrogen-bond donors (Lipinski definition) is 0. The summed E-state index contributed by atoms with van der Waals surface area (Å²) >= 11 is 7.37. The Morgan fingerprint density at radius 3 is 1.35 bits per heavy atom. The topological polar surface area (TPSA) is 47.1 Å². The third-order valence-corrected chi connectivity index (χ3v) is 16.0. The molecule has 13 heteroatoms. The highest BCUT2D eigenvalue weighted by atomic mass is 32.1. The van der Waals surface area contributed by atoms with Crippen molar-refractivity contribution in [1.82, 2.24) is 29.4 Å². The monoisotopic (exact) mass is 939 g/mol. The number of thiophene rings is 4. The molecule has 0 bridgehead atoms. The zero-order valence-electron chi connectivity index (χ0n) is 41.4. The normalized spacial score (nSPS) is 15.2. The standard InChI is InChI=1S/C14H22N2OS.C13H20N2OS.C12H18N2S.C11H18OS/c1-10-11(2)18-12(3)14(10)17-9-8-16-7-6-15(5)13(16)4;1-10-11(2)17-12(3)13(10)16-8-7-15-6-5-14(4)9-15;1-10-8-12(11(2)15-10)4-5-14-7-6-13(3)9-14;1-5-6-7-12-11-8(2)9(3)13-10(11)4/h6-7,13H,8-9H2,1-5H3;5-6H,7-9H2,1-4H3;6-8H,4-5,9H2,1-3H3;5-7H2,1-4H3. The van der Waals surface area contributed by atoms with E-state index in [1.165, 1.54) is 67.7 Å². The first-order chi connectivity index (χ1) is 29.9. The van der Waals surface area contributed by atoms with Gasteiger partial charge in [-0.25, -0.2) is 0 Å². The molecule has 0 amide bonds. The van der Waals surface area contributed by atoms with Crippen molar-refractivity contribution >= 4 is 45.3 Å². The molecule has 3 aliphatic heterocycles. The Kier molecular flexibility index (Phi) is 20.6. The fourth-order valence-corrected chi connectivity index (χ4v) is 11.4. The number of aryl methyl sites for hydroxylation is 8. The molecule has 0 fully saturated rings. The fourth-order valence-electron chi connectivity index (χ4n) is 7.39. The summed E-state index contributed by atoms with van der Waals surface area (Å²) in [5.41, 5.74) is 5.42. The minimum atomic E-state index is 0.431. The average molecular weight is 939 g/mol. The van der Waals surface area contributed by atoms with Crippen LogP contribution in [0.2, 0.25) is 0 Å². The first kappa shape index (κ1) is 51.9. The lowest BCUT2D eigenvalue weighted by molar-refractivity contribution is 0.166. The van der Waals surface area contributed by atoms with E-state index in [1.807, 2.05) is 45.3 Å². The van der Waals surface area contributed by atoms with Crippen molar-refractivity contribution in [3.05, 3.63) is 105 Å². The first-order valence-electron chi connectivity index (χ1n) is 22.4. The van der Waals surface area contributed by atoms with Gasteiger partial charge in [0.2, 0.25) is 0 Å². The van der Waals surface area contributed by atoms with Crippen LogP contribution in [0, 0.1) is 76.2 Å². The number of ether oxygens (including phenoxy) is 3. The number of nitrogens with zero attached hydrogens (tertiary/aromatic N) is 6. The molecule has 1 atom stereocenters. The molecule has 0 N–H and O–H groups in total. The van der Waals surface area contributed by atoms with Crippen LogP contribution < -0.4 is 14.2 Å². The second-order valence-corrected chi connectivity index (χ2v) is 22.7. The smallest absolute Gasteiger partial charge is 0.136 e. The summed E-state index contributed by atoms with van der Waals surface area (Å²) in [6.45, 7) is 35.4. The van der Waals surface area contributed by atoms with Gasteiger partial charge < -0.3 is 43.6 Å². The van der Waals surface area contributed by atoms with E-state index in [-0.39, 0.29) is 0 Å². The van der Waals surface area contributed by atoms with E-state index in [4.69, 9.17) is 14.2 Å². The molecule has 4 aromatic rings. The van der Waals surface area contributed by atoms with Crippen molar-refractivity contribution in [2.24, 2.45) is 0 Å². The Morgan fingerprint density at radius 1 is 0.524 bits per heavy atom. The van der Waals surface area contributed by atoms with Gasteiger partial charge in [-0.3, -0.25) is 0 Å². The molecule has 0 saturated heterocycles. The van der Waals surface area contributed by atoms with Gasteiger partial charge in [-0.15, -0.1) is 45.3 Å². The van der Waals surface area contributed by atoms with Crippen LogP contribution in [0.3, 0.4) is 0 Å². The van der Waals surface area contributed by atoms with Crippen molar-refractivity contribution < 1.29 is 14.2 Å². The summed E-state index contributed by atoms with van der Waals surface area (Å²) in [6, 6.07) is 2.32. The van der Waals surface area contributed by atoms with Crippen molar-refractivity contribution in [2.75, 3.05) is 73.9 Å². The third kappa shape index (κ3) is 15.4. The molecule has 0 aliphatic carbocycles. The van der Waals surface area contributed by atoms with Crippen molar-refractivity contribution in [3.8, 4) is 17.2 Å². The second kappa shape index (κ2) is 25.1. The van der Waals surface area contributed by atoms with Gasteiger partial charge >= 0.3 is 0 Å². The number of rotatable bonds is 15. The van der Waals surface area contributed by atoms with Gasteiger partial charge in [0.25, 0.3) is 0 Å². The Hall–Kier alpha value is -3.78. The summed E-state index contributed by atoms with van der Waals surface area (Å²) in [4.78, 5) is 24.3. The molecule has 7 rings (SSSR count). The summed E-state index contributed by atoms with van der Waals surface area (Å²) < 4.78 is 17.6. The lowest BCUT2D eigenvalue weighted by Crippen LogP contribution is -2.35. The maximum Gasteiger partial charge on any atom is 0.136 e. The zero-order valence-corrected chi connectivity index (χ0v) is 44.7. The van der Waals surface area contributed by atoms with E-state index < -0.39 is 0 Å². The molecular formula is C50H78N6O3S4. The van der Waals surface area contributed by atoms with Gasteiger partial charge in [0.15, 0.2) is 0 Å². The highest BCUT2D eigenvalue weighted by molar-refractivity contribution is 7.13. The number of unbranched alkanes of at least 4 members (excludes halogenated alkanes) is 1. The molecule has 350 valence electrons. The average Bonchev–Trinajstić information content (AvgIpc) is 4.11. The summed E-state index contributed by atoms with van der Waals surface area (Å²) in [7, 11) is 6.28. The molecule has 63 heavy (non-hydrogen) atoms. The first-order valence-corrected chi connectivity index (χ1v) is 25.7. The van der Waals surface area contributed by atoms with Gasteiger partial charge in [-0.1, -0.05) is 13.3 Å². The largest absolute Gasteiger partial charge is 0.492 e. The van der Waals surface area contributed by atoms with Crippen LogP contribution in [0.5, 0.6) is 17.2 Å². The fraction of sp³-hybridized carbons (Fsp3) is 0.560. The number of hydrogen-bond acceptors (Lipinski definition) is 13. The summed E-state index contributed by atoms with van der Waals surface area (Å²) in [6.07, 6.45) is 16.7. The van der Waals surface area contributed by atoms with Gasteiger partial charge in [0, 0.05) is 121 Å². The minimum absolute atomic E-state index is 0.431. The SMILES string of the molecule is CCCCOc1c(C)sc(C)c1C.Cc1cc(CCN2C=CN(C)C2)c(C)s1.Cc1sc(C)c(OCCN2C=CN(C)C2)c1C.Cc1sc(C)c(OCCN2C=CN(C)C2C)c1C. The van der Waals surface area contributed by atoms with E-state index in [9.17, 15) is 0 Å². The lowest BCUT2D eigenvalue weighted by atomic mass is 10.2. The molecular weight excluding hydrogens is 861 g/mol. The molecule has 9 nitrogen and oxygen atoms in total. The van der Waals surface area contributed by atoms with Gasteiger partial charge in [-0.2, -0.15) is 0 Å². The molecule has 0 aromatic carbocycles. The van der Waals surface area contributed by atoms with E-state index in [0.717, 1.165) is 82.9 Å². The predicted molar refractivity (Wildman–Crippen MR) is 275 cm³/mol. The van der Waals surface area contributed by atoms with E-state index >= 15 is 0 Å². The van der Waals surface area contributed by atoms with Crippen molar-refractivity contribution in [3.63, 3.8) is 0 Å². The minimum Gasteiger partial charge on any atom is -0.492 e. The van der Waals surface area contributed by atoms with Gasteiger partial charge in [0.05, 0.1) is 39.2 Å². The molecule has 0 radical (unpaired) electrons. The highest BCUT2D eigenvalue weighted by Crippen LogP contribution is 2.35. The lowest BCUT2D eigenvalue weighted by Gasteiger charge is -2.26. The summed E-state index contributed by atoms with van der Waals surface area (Å²) in [5.74, 6) is 3.29. The van der Waals surface area contributed by atoms with Crippen LogP contribution >= 0.6 is 45.3 Å². The maximum absolute atomic E-state index is 5.95. The van der Waals surface area contributed by atoms with Crippen LogP contribution in [-0.2, 0) is 6.42 Å². The molecule has 0 spiro atoms. The molecule has 1 unspecified atom stereocenters. The Labute approximate surface area is 397 Å². The molecule has 4 aromatic heterocycles. The Bertz CT molecular complexity index is 2110. The van der Waals surface area contributed by atoms with Crippen LogP contribution in [0.4, 0.5) is 0 Å². The quantitative estimate of drug-likeness (QED) is 0.108. The Morgan fingerprint density at radius 2 is 0.984 bits per heavy atom. The van der Waals surface area contributed by atoms with Crippen LogP contribution in [0.1, 0.15) is 88.0 Å². The second-order valence-electron chi connectivity index (χ2n) is 16.9. The van der Waals surface area contributed by atoms with Gasteiger partial charge in [0.1, 0.15) is 30.5 Å². The Balaban J connectivity index is 0.000000186. The zero-order chi connectivity index (χ0) is 46.4. The van der Waals surface area contributed by atoms with E-state index in [2.05, 4.69) is 184 Å². The summed E-state index contributed by atoms with van der Waals surface area (Å²) in [5, 5.41) is 0. The van der Waals surface area contributed by atoms with E-state index in [0.29, 0.717) is 6.17 Å². The maximum atomic E-state index is 5.95. The third-order valence-electron chi connectivity index (χ3n) is 11.7. The van der Waals surface area contributed by atoms with E-state index in [1.54, 1.807) is 0 Å². The molecule has 0 saturated carbocycles. The van der Waals surface area contributed by atoms with Crippen LogP contribution in [0.15, 0.2) is 43.3 Å².